The minimum atomic E-state index is 0.125. The molecule has 0 aliphatic heterocycles. The Balaban J connectivity index is 4.09. The number of nitrogens with zero attached hydrogens (tertiary/aromatic N) is 2. The Morgan fingerprint density at radius 3 is 2.09 bits per heavy atom. The van der Waals surface area contributed by atoms with Gasteiger partial charge in [-0.25, -0.2) is 0 Å². The van der Waals surface area contributed by atoms with Crippen LogP contribution in [0, 0.1) is 5.41 Å². The minimum absolute atomic E-state index is 0.125. The van der Waals surface area contributed by atoms with E-state index in [0.29, 0.717) is 0 Å². The Labute approximate surface area is 69.6 Å². The van der Waals surface area contributed by atoms with Gasteiger partial charge in [0.2, 0.25) is 0 Å². The van der Waals surface area contributed by atoms with Gasteiger partial charge in [0, 0.05) is 14.1 Å². The van der Waals surface area contributed by atoms with E-state index < -0.39 is 0 Å². The molecule has 0 atom stereocenters. The second-order valence-corrected chi connectivity index (χ2v) is 3.87. The average molecular weight is 154 g/mol. The molecule has 0 spiro atoms. The number of hydrogen-bond acceptors (Lipinski definition) is 2. The molecule has 0 rings (SSSR count). The van der Waals surface area contributed by atoms with Crippen LogP contribution < -0.4 is 0 Å². The Bertz CT molecular complexity index is 161. The van der Waals surface area contributed by atoms with Crippen LogP contribution in [0.3, 0.4) is 0 Å². The van der Waals surface area contributed by atoms with Crippen LogP contribution in [0.15, 0.2) is 17.3 Å². The van der Waals surface area contributed by atoms with Gasteiger partial charge < -0.3 is 5.01 Å². The highest BCUT2D eigenvalue weighted by molar-refractivity contribution is 5.78. The zero-order valence-electron chi connectivity index (χ0n) is 8.18. The molecule has 0 saturated carbocycles. The maximum Gasteiger partial charge on any atom is 0.0501 e. The smallest absolute Gasteiger partial charge is 0.0501 e. The Morgan fingerprint density at radius 2 is 1.82 bits per heavy atom. The van der Waals surface area contributed by atoms with Crippen molar-refractivity contribution in [2.24, 2.45) is 10.5 Å². The van der Waals surface area contributed by atoms with Crippen molar-refractivity contribution >= 4 is 6.21 Å². The van der Waals surface area contributed by atoms with E-state index in [4.69, 9.17) is 0 Å². The van der Waals surface area contributed by atoms with Crippen molar-refractivity contribution in [2.75, 3.05) is 14.1 Å². The number of rotatable bonds is 2. The van der Waals surface area contributed by atoms with E-state index in [1.54, 1.807) is 11.2 Å². The highest BCUT2D eigenvalue weighted by Gasteiger charge is 2.12. The Morgan fingerprint density at radius 1 is 1.36 bits per heavy atom. The molecule has 0 aromatic carbocycles. The molecule has 0 fully saturated rings. The summed E-state index contributed by atoms with van der Waals surface area (Å²) in [5.41, 5.74) is 1.17. The molecule has 0 amide bonds. The highest BCUT2D eigenvalue weighted by atomic mass is 15.4. The molecule has 0 radical (unpaired) electrons. The van der Waals surface area contributed by atoms with E-state index in [1.807, 2.05) is 14.1 Å². The van der Waals surface area contributed by atoms with Crippen molar-refractivity contribution in [3.63, 3.8) is 0 Å². The van der Waals surface area contributed by atoms with Crippen molar-refractivity contribution < 1.29 is 0 Å². The fourth-order valence-electron chi connectivity index (χ4n) is 0.379. The van der Waals surface area contributed by atoms with Crippen molar-refractivity contribution in [2.45, 2.75) is 20.8 Å². The van der Waals surface area contributed by atoms with Crippen LogP contribution in [-0.4, -0.2) is 25.3 Å². The highest BCUT2D eigenvalue weighted by Crippen LogP contribution is 2.21. The molecule has 0 N–H and O–H groups in total. The summed E-state index contributed by atoms with van der Waals surface area (Å²) in [6.45, 7) is 10.3. The number of allylic oxidation sites excluding steroid dienone is 1. The van der Waals surface area contributed by atoms with Crippen LogP contribution >= 0.6 is 0 Å². The minimum Gasteiger partial charge on any atom is -0.303 e. The third-order valence-electron chi connectivity index (χ3n) is 1.41. The summed E-state index contributed by atoms with van der Waals surface area (Å²) in [5.74, 6) is 0. The molecule has 0 aliphatic carbocycles. The molecule has 0 aromatic heterocycles. The Hall–Kier alpha value is -0.790. The van der Waals surface area contributed by atoms with Crippen LogP contribution in [0.25, 0.3) is 0 Å². The van der Waals surface area contributed by atoms with Gasteiger partial charge >= 0.3 is 0 Å². The first kappa shape index (κ1) is 10.2. The maximum atomic E-state index is 4.10. The predicted molar refractivity (Wildman–Crippen MR) is 50.8 cm³/mol. The van der Waals surface area contributed by atoms with Gasteiger partial charge in [-0.05, 0) is 11.0 Å². The first-order chi connectivity index (χ1) is 4.84. The fourth-order valence-corrected chi connectivity index (χ4v) is 0.379. The summed E-state index contributed by atoms with van der Waals surface area (Å²) in [5, 5.41) is 5.86. The van der Waals surface area contributed by atoms with E-state index in [0.717, 1.165) is 5.57 Å². The summed E-state index contributed by atoms with van der Waals surface area (Å²) in [6, 6.07) is 0. The molecule has 0 heterocycles. The maximum absolute atomic E-state index is 4.10. The lowest BCUT2D eigenvalue weighted by Crippen LogP contribution is -2.11. The topological polar surface area (TPSA) is 15.6 Å². The number of hydrogen-bond donors (Lipinski definition) is 0. The second kappa shape index (κ2) is 3.56. The van der Waals surface area contributed by atoms with Crippen molar-refractivity contribution in [3.8, 4) is 0 Å². The summed E-state index contributed by atoms with van der Waals surface area (Å²) in [7, 11) is 3.79. The van der Waals surface area contributed by atoms with Gasteiger partial charge in [-0.1, -0.05) is 27.4 Å². The normalized spacial score (nSPS) is 12.1. The molecule has 64 valence electrons. The van der Waals surface area contributed by atoms with Gasteiger partial charge in [-0.3, -0.25) is 0 Å². The van der Waals surface area contributed by atoms with E-state index >= 15 is 0 Å². The second-order valence-electron chi connectivity index (χ2n) is 3.87. The quantitative estimate of drug-likeness (QED) is 0.439. The van der Waals surface area contributed by atoms with Crippen LogP contribution in [0.5, 0.6) is 0 Å². The van der Waals surface area contributed by atoms with Crippen molar-refractivity contribution in [3.05, 3.63) is 12.2 Å². The zero-order valence-corrected chi connectivity index (χ0v) is 8.18. The van der Waals surface area contributed by atoms with Gasteiger partial charge in [0.05, 0.1) is 6.21 Å². The lowest BCUT2D eigenvalue weighted by Gasteiger charge is -2.18. The average Bonchev–Trinajstić information content (AvgIpc) is 1.80. The molecule has 11 heavy (non-hydrogen) atoms. The first-order valence-electron chi connectivity index (χ1n) is 3.74. The van der Waals surface area contributed by atoms with Gasteiger partial charge in [0.15, 0.2) is 0 Å². The third kappa shape index (κ3) is 4.59. The SMILES string of the molecule is C=C(/C=N\N(C)C)C(C)(C)C. The monoisotopic (exact) mass is 154 g/mol. The third-order valence-corrected chi connectivity index (χ3v) is 1.41. The summed E-state index contributed by atoms with van der Waals surface area (Å²) in [4.78, 5) is 0. The van der Waals surface area contributed by atoms with Crippen molar-refractivity contribution in [1.29, 1.82) is 0 Å². The van der Waals surface area contributed by atoms with Crippen LogP contribution in [0.1, 0.15) is 20.8 Å². The fraction of sp³-hybridized carbons (Fsp3) is 0.667. The largest absolute Gasteiger partial charge is 0.303 e. The molecule has 2 nitrogen and oxygen atoms in total. The van der Waals surface area contributed by atoms with Crippen LogP contribution in [0.2, 0.25) is 0 Å². The van der Waals surface area contributed by atoms with E-state index in [1.165, 1.54) is 0 Å². The zero-order chi connectivity index (χ0) is 9.07. The summed E-state index contributed by atoms with van der Waals surface area (Å²) in [6.07, 6.45) is 1.81. The molecule has 0 saturated heterocycles. The van der Waals surface area contributed by atoms with Crippen LogP contribution in [-0.2, 0) is 0 Å². The molecular weight excluding hydrogens is 136 g/mol. The van der Waals surface area contributed by atoms with Gasteiger partial charge in [-0.15, -0.1) is 0 Å². The molecule has 0 aliphatic rings. The van der Waals surface area contributed by atoms with Gasteiger partial charge in [0.1, 0.15) is 0 Å². The number of hydrazone groups is 1. The first-order valence-corrected chi connectivity index (χ1v) is 3.74. The summed E-state index contributed by atoms with van der Waals surface area (Å²) >= 11 is 0. The standard InChI is InChI=1S/C9H18N2/c1-8(9(2,3)4)7-10-11(5)6/h7H,1H2,2-6H3/b10-7-. The summed E-state index contributed by atoms with van der Waals surface area (Å²) < 4.78 is 0. The van der Waals surface area contributed by atoms with Gasteiger partial charge in [0.25, 0.3) is 0 Å². The molecule has 2 heteroatoms. The van der Waals surface area contributed by atoms with Crippen LogP contribution in [0.4, 0.5) is 0 Å². The lowest BCUT2D eigenvalue weighted by atomic mass is 9.88. The van der Waals surface area contributed by atoms with E-state index in [9.17, 15) is 0 Å². The molecular formula is C9H18N2. The van der Waals surface area contributed by atoms with E-state index in [2.05, 4.69) is 32.5 Å². The predicted octanol–water partition coefficient (Wildman–Crippen LogP) is 2.14. The molecule has 0 aromatic rings. The molecule has 0 bridgehead atoms. The van der Waals surface area contributed by atoms with Gasteiger partial charge in [-0.2, -0.15) is 5.10 Å². The molecule has 0 unspecified atom stereocenters. The lowest BCUT2D eigenvalue weighted by molar-refractivity contribution is 0.437. The Kier molecular flexibility index (Phi) is 3.30. The van der Waals surface area contributed by atoms with Crippen molar-refractivity contribution in [1.82, 2.24) is 5.01 Å². The van der Waals surface area contributed by atoms with E-state index in [-0.39, 0.29) is 5.41 Å².